The Kier molecular flexibility index (Phi) is 6.32. The molecule has 31 heavy (non-hydrogen) atoms. The summed E-state index contributed by atoms with van der Waals surface area (Å²) in [5, 5.41) is 11.7. The number of methoxy groups -OCH3 is 1. The molecule has 0 atom stereocenters. The van der Waals surface area contributed by atoms with Crippen molar-refractivity contribution in [3.8, 4) is 5.75 Å². The highest BCUT2D eigenvalue weighted by Crippen LogP contribution is 2.21. The molecular formula is C22H20FN5O2S. The molecule has 2 heterocycles. The van der Waals surface area contributed by atoms with Crippen LogP contribution in [-0.2, 0) is 11.2 Å². The van der Waals surface area contributed by atoms with Crippen LogP contribution in [-0.4, -0.2) is 38.3 Å². The number of hydrogen-bond donors (Lipinski definition) is 1. The first-order valence-corrected chi connectivity index (χ1v) is 10.5. The number of nitrogens with zero attached hydrogens (tertiary/aromatic N) is 4. The van der Waals surface area contributed by atoms with E-state index in [1.165, 1.54) is 23.9 Å². The maximum absolute atomic E-state index is 13.8. The maximum atomic E-state index is 13.8. The number of amides is 1. The van der Waals surface area contributed by atoms with Gasteiger partial charge in [0.1, 0.15) is 11.6 Å². The lowest BCUT2D eigenvalue weighted by atomic mass is 10.1. The number of thioether (sulfide) groups is 1. The molecule has 2 aromatic heterocycles. The van der Waals surface area contributed by atoms with Gasteiger partial charge in [0.15, 0.2) is 5.82 Å². The summed E-state index contributed by atoms with van der Waals surface area (Å²) < 4.78 is 22.7. The number of carbonyl (C=O) groups excluding carboxylic acids is 1. The quantitative estimate of drug-likeness (QED) is 0.424. The highest BCUT2D eigenvalue weighted by molar-refractivity contribution is 7.99. The van der Waals surface area contributed by atoms with Gasteiger partial charge in [-0.3, -0.25) is 9.47 Å². The zero-order valence-corrected chi connectivity index (χ0v) is 17.6. The van der Waals surface area contributed by atoms with Crippen LogP contribution < -0.4 is 10.1 Å². The summed E-state index contributed by atoms with van der Waals surface area (Å²) in [5.74, 6) is 0.772. The van der Waals surface area contributed by atoms with Gasteiger partial charge in [0.25, 0.3) is 0 Å². The number of benzene rings is 2. The predicted molar refractivity (Wildman–Crippen MR) is 117 cm³/mol. The third-order valence-electron chi connectivity index (χ3n) is 4.50. The standard InChI is InChI=1S/C22H20FN5O2S/c1-30-17-10-8-16(9-11-17)14-20-25-26-22(28(20)27-12-4-5-13-27)31-15-21(29)24-19-7-3-2-6-18(19)23/h2-13H,14-15H2,1H3,(H,24,29). The van der Waals surface area contributed by atoms with E-state index in [9.17, 15) is 9.18 Å². The van der Waals surface area contributed by atoms with E-state index in [2.05, 4.69) is 15.5 Å². The molecule has 0 saturated heterocycles. The fourth-order valence-electron chi connectivity index (χ4n) is 2.99. The van der Waals surface area contributed by atoms with Crippen molar-refractivity contribution in [3.05, 3.63) is 90.3 Å². The molecule has 0 aliphatic rings. The van der Waals surface area contributed by atoms with Gasteiger partial charge < -0.3 is 10.1 Å². The normalized spacial score (nSPS) is 10.8. The molecule has 0 bridgehead atoms. The third kappa shape index (κ3) is 4.95. The van der Waals surface area contributed by atoms with Crippen molar-refractivity contribution >= 4 is 23.4 Å². The van der Waals surface area contributed by atoms with Gasteiger partial charge in [0.2, 0.25) is 11.1 Å². The second-order valence-corrected chi connectivity index (χ2v) is 7.56. The fourth-order valence-corrected chi connectivity index (χ4v) is 3.74. The number of anilines is 1. The zero-order chi connectivity index (χ0) is 21.6. The second kappa shape index (κ2) is 9.48. The largest absolute Gasteiger partial charge is 0.497 e. The van der Waals surface area contributed by atoms with E-state index in [0.29, 0.717) is 11.6 Å². The Morgan fingerprint density at radius 1 is 1.06 bits per heavy atom. The van der Waals surface area contributed by atoms with E-state index in [1.54, 1.807) is 19.2 Å². The van der Waals surface area contributed by atoms with Gasteiger partial charge in [-0.15, -0.1) is 10.2 Å². The number of hydrogen-bond acceptors (Lipinski definition) is 5. The van der Waals surface area contributed by atoms with Crippen molar-refractivity contribution in [1.29, 1.82) is 0 Å². The van der Waals surface area contributed by atoms with Crippen LogP contribution in [0.15, 0.2) is 78.2 Å². The second-order valence-electron chi connectivity index (χ2n) is 6.62. The Morgan fingerprint density at radius 2 is 1.81 bits per heavy atom. The summed E-state index contributed by atoms with van der Waals surface area (Å²) in [6.45, 7) is 0. The van der Waals surface area contributed by atoms with E-state index in [0.717, 1.165) is 17.1 Å². The number of para-hydroxylation sites is 1. The number of ether oxygens (including phenoxy) is 1. The van der Waals surface area contributed by atoms with Gasteiger partial charge >= 0.3 is 0 Å². The minimum Gasteiger partial charge on any atom is -0.497 e. The lowest BCUT2D eigenvalue weighted by Crippen LogP contribution is -2.17. The third-order valence-corrected chi connectivity index (χ3v) is 5.42. The van der Waals surface area contributed by atoms with Gasteiger partial charge in [-0.25, -0.2) is 9.07 Å². The smallest absolute Gasteiger partial charge is 0.234 e. The van der Waals surface area contributed by atoms with Crippen LogP contribution in [0.3, 0.4) is 0 Å². The summed E-state index contributed by atoms with van der Waals surface area (Å²) in [6, 6.07) is 17.6. The Morgan fingerprint density at radius 3 is 2.52 bits per heavy atom. The van der Waals surface area contributed by atoms with Gasteiger partial charge in [-0.2, -0.15) is 0 Å². The van der Waals surface area contributed by atoms with Crippen LogP contribution in [0, 0.1) is 5.82 Å². The molecule has 158 valence electrons. The van der Waals surface area contributed by atoms with Crippen molar-refractivity contribution in [3.63, 3.8) is 0 Å². The number of halogens is 1. The van der Waals surface area contributed by atoms with Crippen LogP contribution in [0.5, 0.6) is 5.75 Å². The summed E-state index contributed by atoms with van der Waals surface area (Å²) in [5.41, 5.74) is 1.20. The van der Waals surface area contributed by atoms with Crippen molar-refractivity contribution in [2.45, 2.75) is 11.6 Å². The number of carbonyl (C=O) groups is 1. The molecule has 0 saturated carbocycles. The minimum absolute atomic E-state index is 0.0657. The van der Waals surface area contributed by atoms with Crippen LogP contribution >= 0.6 is 11.8 Å². The molecule has 0 aliphatic heterocycles. The van der Waals surface area contributed by atoms with Crippen molar-refractivity contribution < 1.29 is 13.9 Å². The fraction of sp³-hybridized carbons (Fsp3) is 0.136. The Bertz CT molecular complexity index is 1160. The molecule has 9 heteroatoms. The van der Waals surface area contributed by atoms with Crippen LogP contribution in [0.25, 0.3) is 0 Å². The van der Waals surface area contributed by atoms with E-state index < -0.39 is 5.82 Å². The predicted octanol–water partition coefficient (Wildman–Crippen LogP) is 3.86. The van der Waals surface area contributed by atoms with E-state index in [4.69, 9.17) is 4.74 Å². The van der Waals surface area contributed by atoms with Gasteiger partial charge in [0.05, 0.1) is 18.6 Å². The lowest BCUT2D eigenvalue weighted by Gasteiger charge is -2.11. The molecule has 7 nitrogen and oxygen atoms in total. The van der Waals surface area contributed by atoms with Crippen LogP contribution in [0.2, 0.25) is 0 Å². The average Bonchev–Trinajstić information content (AvgIpc) is 3.44. The van der Waals surface area contributed by atoms with Gasteiger partial charge in [0, 0.05) is 18.8 Å². The number of nitrogens with one attached hydrogen (secondary N) is 1. The molecule has 4 rings (SSSR count). The van der Waals surface area contributed by atoms with Crippen molar-refractivity contribution in [2.24, 2.45) is 0 Å². The highest BCUT2D eigenvalue weighted by atomic mass is 32.2. The number of rotatable bonds is 8. The number of aromatic nitrogens is 4. The van der Waals surface area contributed by atoms with Gasteiger partial charge in [-0.05, 0) is 42.0 Å². The van der Waals surface area contributed by atoms with Crippen molar-refractivity contribution in [2.75, 3.05) is 18.2 Å². The molecule has 0 fully saturated rings. The van der Waals surface area contributed by atoms with Crippen LogP contribution in [0.4, 0.5) is 10.1 Å². The Hall–Kier alpha value is -3.59. The molecule has 4 aromatic rings. The summed E-state index contributed by atoms with van der Waals surface area (Å²) in [4.78, 5) is 12.3. The maximum Gasteiger partial charge on any atom is 0.234 e. The summed E-state index contributed by atoms with van der Waals surface area (Å²) in [6.07, 6.45) is 4.31. The van der Waals surface area contributed by atoms with Crippen molar-refractivity contribution in [1.82, 2.24) is 19.5 Å². The molecule has 0 spiro atoms. The van der Waals surface area contributed by atoms with E-state index in [-0.39, 0.29) is 17.3 Å². The highest BCUT2D eigenvalue weighted by Gasteiger charge is 2.16. The monoisotopic (exact) mass is 437 g/mol. The zero-order valence-electron chi connectivity index (χ0n) is 16.7. The van der Waals surface area contributed by atoms with Crippen LogP contribution in [0.1, 0.15) is 11.4 Å². The Balaban J connectivity index is 1.51. The molecule has 0 aliphatic carbocycles. The molecule has 0 radical (unpaired) electrons. The molecular weight excluding hydrogens is 417 g/mol. The summed E-state index contributed by atoms with van der Waals surface area (Å²) in [7, 11) is 1.63. The van der Waals surface area contributed by atoms with Gasteiger partial charge in [-0.1, -0.05) is 36.0 Å². The molecule has 1 amide bonds. The average molecular weight is 438 g/mol. The SMILES string of the molecule is COc1ccc(Cc2nnc(SCC(=O)Nc3ccccc3F)n2-n2cccc2)cc1. The molecule has 1 N–H and O–H groups in total. The van der Waals surface area contributed by atoms with E-state index >= 15 is 0 Å². The first kappa shape index (κ1) is 20.7. The lowest BCUT2D eigenvalue weighted by molar-refractivity contribution is -0.113. The topological polar surface area (TPSA) is 74.0 Å². The first-order valence-electron chi connectivity index (χ1n) is 9.52. The molecule has 0 unspecified atom stereocenters. The summed E-state index contributed by atoms with van der Waals surface area (Å²) >= 11 is 1.23. The minimum atomic E-state index is -0.474. The first-order chi connectivity index (χ1) is 15.1. The Labute approximate surface area is 182 Å². The van der Waals surface area contributed by atoms with E-state index in [1.807, 2.05) is 58.1 Å². The molecule has 2 aromatic carbocycles.